The van der Waals surface area contributed by atoms with Gasteiger partial charge in [0.05, 0.1) is 16.5 Å². The van der Waals surface area contributed by atoms with Gasteiger partial charge >= 0.3 is 5.97 Å². The van der Waals surface area contributed by atoms with E-state index >= 15 is 0 Å². The molecule has 1 aromatic heterocycles. The van der Waals surface area contributed by atoms with Gasteiger partial charge in [0, 0.05) is 38.6 Å². The molecule has 2 fully saturated rings. The van der Waals surface area contributed by atoms with Crippen LogP contribution in [0.5, 0.6) is 0 Å². The van der Waals surface area contributed by atoms with Gasteiger partial charge in [0.25, 0.3) is 0 Å². The van der Waals surface area contributed by atoms with Crippen LogP contribution >= 0.6 is 11.3 Å². The van der Waals surface area contributed by atoms with E-state index < -0.39 is 21.4 Å². The topological polar surface area (TPSA) is 95.0 Å². The molecular formula is C15H20N2O5S2. The van der Waals surface area contributed by atoms with Gasteiger partial charge in [-0.3, -0.25) is 14.5 Å². The second-order valence-corrected chi connectivity index (χ2v) is 9.65. The van der Waals surface area contributed by atoms with Crippen molar-refractivity contribution < 1.29 is 23.1 Å². The standard InChI is InChI=1S/C15H20N2O5S2/c1-10(18)13-3-11(7-23-13)4-16-5-12-6-17(24(2,21)22)9-15(12,8-16)14(19)20/h3,7,12H,4-6,8-9H2,1-2H3,(H,19,20)/t12-,15-/m1/s1. The number of thiophene rings is 1. The molecule has 9 heteroatoms. The predicted octanol–water partition coefficient (Wildman–Crippen LogP) is 0.729. The molecule has 0 saturated carbocycles. The largest absolute Gasteiger partial charge is 0.481 e. The smallest absolute Gasteiger partial charge is 0.312 e. The molecule has 2 aliphatic rings. The summed E-state index contributed by atoms with van der Waals surface area (Å²) in [5.41, 5.74) is -0.0478. The van der Waals surface area contributed by atoms with Crippen molar-refractivity contribution in [2.75, 3.05) is 32.4 Å². The first-order valence-electron chi connectivity index (χ1n) is 7.61. The van der Waals surface area contributed by atoms with Crippen LogP contribution in [0.2, 0.25) is 0 Å². The molecule has 2 saturated heterocycles. The summed E-state index contributed by atoms with van der Waals surface area (Å²) < 4.78 is 24.8. The number of carbonyl (C=O) groups is 2. The SMILES string of the molecule is CC(=O)c1cc(CN2C[C@@H]3CN(S(C)(=O)=O)C[C@]3(C(=O)O)C2)cs1. The van der Waals surface area contributed by atoms with Gasteiger partial charge in [0.15, 0.2) is 5.78 Å². The Hall–Kier alpha value is -1.29. The lowest BCUT2D eigenvalue weighted by Crippen LogP contribution is -2.41. The number of nitrogens with zero attached hydrogens (tertiary/aromatic N) is 2. The average Bonchev–Trinajstić information content (AvgIpc) is 3.09. The van der Waals surface area contributed by atoms with Gasteiger partial charge in [0.1, 0.15) is 0 Å². The monoisotopic (exact) mass is 372 g/mol. The minimum atomic E-state index is -3.38. The molecule has 0 unspecified atom stereocenters. The minimum absolute atomic E-state index is 0.0235. The van der Waals surface area contributed by atoms with Crippen LogP contribution in [0.15, 0.2) is 11.4 Å². The van der Waals surface area contributed by atoms with Gasteiger partial charge in [-0.1, -0.05) is 0 Å². The number of Topliss-reactive ketones (excluding diaryl/α,β-unsaturated/α-hetero) is 1. The van der Waals surface area contributed by atoms with E-state index in [1.807, 2.05) is 16.3 Å². The summed E-state index contributed by atoms with van der Waals surface area (Å²) in [5.74, 6) is -1.12. The van der Waals surface area contributed by atoms with Crippen LogP contribution in [0.4, 0.5) is 0 Å². The number of hydrogen-bond acceptors (Lipinski definition) is 6. The van der Waals surface area contributed by atoms with Crippen molar-refractivity contribution in [1.82, 2.24) is 9.21 Å². The van der Waals surface area contributed by atoms with E-state index in [0.29, 0.717) is 24.5 Å². The molecule has 2 aliphatic heterocycles. The Labute approximate surface area is 144 Å². The first-order valence-corrected chi connectivity index (χ1v) is 10.3. The zero-order valence-corrected chi connectivity index (χ0v) is 15.2. The van der Waals surface area contributed by atoms with Gasteiger partial charge in [-0.15, -0.1) is 11.3 Å². The maximum absolute atomic E-state index is 11.9. The Morgan fingerprint density at radius 3 is 2.58 bits per heavy atom. The number of likely N-dealkylation sites (tertiary alicyclic amines) is 1. The molecule has 7 nitrogen and oxygen atoms in total. The second kappa shape index (κ2) is 5.91. The number of rotatable bonds is 5. The number of carboxylic acid groups (broad SMARTS) is 1. The third-order valence-electron chi connectivity index (χ3n) is 4.95. The molecule has 0 spiro atoms. The molecule has 132 valence electrons. The fourth-order valence-corrected chi connectivity index (χ4v) is 5.42. The molecular weight excluding hydrogens is 352 g/mol. The number of carboxylic acids is 1. The van der Waals surface area contributed by atoms with E-state index in [1.54, 1.807) is 0 Å². The number of sulfonamides is 1. The maximum atomic E-state index is 11.9. The Morgan fingerprint density at radius 1 is 1.38 bits per heavy atom. The molecule has 0 radical (unpaired) electrons. The average molecular weight is 372 g/mol. The van der Waals surface area contributed by atoms with Crippen LogP contribution in [-0.4, -0.2) is 66.9 Å². The molecule has 1 aromatic rings. The molecule has 24 heavy (non-hydrogen) atoms. The molecule has 3 rings (SSSR count). The van der Waals surface area contributed by atoms with Crippen LogP contribution in [0.25, 0.3) is 0 Å². The lowest BCUT2D eigenvalue weighted by molar-refractivity contribution is -0.148. The highest BCUT2D eigenvalue weighted by Crippen LogP contribution is 2.44. The van der Waals surface area contributed by atoms with E-state index in [2.05, 4.69) is 0 Å². The number of ketones is 1. The van der Waals surface area contributed by atoms with Gasteiger partial charge in [-0.25, -0.2) is 12.7 Å². The fourth-order valence-electron chi connectivity index (χ4n) is 3.70. The van der Waals surface area contributed by atoms with Gasteiger partial charge in [0.2, 0.25) is 10.0 Å². The van der Waals surface area contributed by atoms with Gasteiger partial charge in [-0.2, -0.15) is 0 Å². The highest BCUT2D eigenvalue weighted by Gasteiger charge is 2.59. The third-order valence-corrected chi connectivity index (χ3v) is 7.25. The highest BCUT2D eigenvalue weighted by atomic mass is 32.2. The van der Waals surface area contributed by atoms with Crippen LogP contribution in [0, 0.1) is 11.3 Å². The van der Waals surface area contributed by atoms with E-state index in [-0.39, 0.29) is 24.8 Å². The number of carbonyl (C=O) groups excluding carboxylic acids is 1. The number of aliphatic carboxylic acids is 1. The van der Waals surface area contributed by atoms with Crippen molar-refractivity contribution in [1.29, 1.82) is 0 Å². The summed E-state index contributed by atoms with van der Waals surface area (Å²) >= 11 is 1.39. The first-order chi connectivity index (χ1) is 11.1. The summed E-state index contributed by atoms with van der Waals surface area (Å²) in [6.45, 7) is 3.26. The summed E-state index contributed by atoms with van der Waals surface area (Å²) in [6, 6.07) is 1.84. The van der Waals surface area contributed by atoms with Crippen LogP contribution in [0.1, 0.15) is 22.2 Å². The Morgan fingerprint density at radius 2 is 2.08 bits per heavy atom. The second-order valence-electron chi connectivity index (χ2n) is 6.76. The zero-order valence-electron chi connectivity index (χ0n) is 13.6. The summed E-state index contributed by atoms with van der Waals surface area (Å²) in [6.07, 6.45) is 1.12. The lowest BCUT2D eigenvalue weighted by atomic mass is 9.81. The third kappa shape index (κ3) is 3.01. The fraction of sp³-hybridized carbons (Fsp3) is 0.600. The van der Waals surface area contributed by atoms with E-state index in [4.69, 9.17) is 0 Å². The van der Waals surface area contributed by atoms with Crippen LogP contribution in [0.3, 0.4) is 0 Å². The molecule has 0 aliphatic carbocycles. The van der Waals surface area contributed by atoms with Crippen molar-refractivity contribution >= 4 is 33.1 Å². The number of fused-ring (bicyclic) bond motifs is 1. The first kappa shape index (κ1) is 17.5. The number of hydrogen-bond donors (Lipinski definition) is 1. The lowest BCUT2D eigenvalue weighted by Gasteiger charge is -2.24. The van der Waals surface area contributed by atoms with Crippen LogP contribution in [-0.2, 0) is 21.4 Å². The summed E-state index contributed by atoms with van der Waals surface area (Å²) in [5, 5.41) is 11.6. The van der Waals surface area contributed by atoms with Gasteiger partial charge in [-0.05, 0) is 23.9 Å². The van der Waals surface area contributed by atoms with Crippen LogP contribution < -0.4 is 0 Å². The van der Waals surface area contributed by atoms with E-state index in [1.165, 1.54) is 22.6 Å². The normalized spacial score (nSPS) is 28.2. The molecule has 3 heterocycles. The van der Waals surface area contributed by atoms with Crippen molar-refractivity contribution in [3.05, 3.63) is 21.9 Å². The molecule has 1 N–H and O–H groups in total. The maximum Gasteiger partial charge on any atom is 0.312 e. The molecule has 2 atom stereocenters. The quantitative estimate of drug-likeness (QED) is 0.766. The zero-order chi connectivity index (χ0) is 17.7. The van der Waals surface area contributed by atoms with E-state index in [0.717, 1.165) is 11.8 Å². The van der Waals surface area contributed by atoms with Crippen molar-refractivity contribution in [2.45, 2.75) is 13.5 Å². The highest BCUT2D eigenvalue weighted by molar-refractivity contribution is 7.88. The van der Waals surface area contributed by atoms with Crippen molar-refractivity contribution in [2.24, 2.45) is 11.3 Å². The molecule has 0 aromatic carbocycles. The van der Waals surface area contributed by atoms with E-state index in [9.17, 15) is 23.1 Å². The Kier molecular flexibility index (Phi) is 4.31. The molecule has 0 bridgehead atoms. The van der Waals surface area contributed by atoms with Crippen molar-refractivity contribution in [3.8, 4) is 0 Å². The molecule has 0 amide bonds. The summed E-state index contributed by atoms with van der Waals surface area (Å²) in [7, 11) is -3.38. The Bertz CT molecular complexity index is 788. The van der Waals surface area contributed by atoms with Gasteiger partial charge < -0.3 is 5.11 Å². The summed E-state index contributed by atoms with van der Waals surface area (Å²) in [4.78, 5) is 26.0. The van der Waals surface area contributed by atoms with Crippen molar-refractivity contribution in [3.63, 3.8) is 0 Å². The predicted molar refractivity (Wildman–Crippen MR) is 89.6 cm³/mol. The Balaban J connectivity index is 1.75. The minimum Gasteiger partial charge on any atom is -0.481 e.